The van der Waals surface area contributed by atoms with Crippen molar-refractivity contribution in [3.8, 4) is 55.3 Å². The van der Waals surface area contributed by atoms with Gasteiger partial charge in [-0.05, 0) is 84.9 Å². The maximum absolute atomic E-state index is 5.28. The minimum Gasteiger partial charge on any atom is -0.245 e. The quantitative estimate of drug-likeness (QED) is 0.129. The summed E-state index contributed by atoms with van der Waals surface area (Å²) >= 11 is 1.72. The molecule has 0 unspecified atom stereocenters. The standard InChI is InChI=1S/C55H33N3S/c1-2-10-41-33-42(28-17-34(41)9-1)52-45-13-5-3-11-43(45)51(44-12-4-6-14-46(44)52)37-22-18-35(19-23-37)47-31-29-38-24-25-39-30-32-48(57-54(39)53(38)56-47)36-20-26-40(27-21-36)55-58-49-15-7-8-16-50(49)59-55/h1-33H. The van der Waals surface area contributed by atoms with Gasteiger partial charge in [0.25, 0.3) is 0 Å². The van der Waals surface area contributed by atoms with E-state index in [2.05, 4.69) is 194 Å². The SMILES string of the molecule is c1ccc2cc(-c3c4ccccc4c(-c4ccc(-c5ccc6ccc7ccc(-c8ccc(-c9nc%10ccccc%10s9)cc8)nc7c6n5)cc4)c4ccccc34)ccc2c1. The fraction of sp³-hybridized carbons (Fsp3) is 0. The molecule has 0 aliphatic carbocycles. The van der Waals surface area contributed by atoms with Crippen molar-refractivity contribution < 1.29 is 0 Å². The summed E-state index contributed by atoms with van der Waals surface area (Å²) in [5.74, 6) is 0. The number of thiazole rings is 1. The molecule has 0 aliphatic heterocycles. The first kappa shape index (κ1) is 33.6. The number of pyridine rings is 2. The zero-order valence-corrected chi connectivity index (χ0v) is 32.6. The Morgan fingerprint density at radius 2 is 0.746 bits per heavy atom. The van der Waals surface area contributed by atoms with E-state index in [-0.39, 0.29) is 0 Å². The predicted molar refractivity (Wildman–Crippen MR) is 250 cm³/mol. The first-order valence-electron chi connectivity index (χ1n) is 19.9. The maximum atomic E-state index is 5.28. The Morgan fingerprint density at radius 1 is 0.305 bits per heavy atom. The van der Waals surface area contributed by atoms with Gasteiger partial charge in [0.2, 0.25) is 0 Å². The largest absolute Gasteiger partial charge is 0.245 e. The third-order valence-electron chi connectivity index (χ3n) is 11.7. The number of benzene rings is 9. The van der Waals surface area contributed by atoms with Crippen LogP contribution in [0, 0.1) is 0 Å². The number of rotatable bonds is 5. The smallest absolute Gasteiger partial charge is 0.124 e. The molecule has 0 spiro atoms. The predicted octanol–water partition coefficient (Wildman–Crippen LogP) is 15.2. The van der Waals surface area contributed by atoms with E-state index in [1.807, 2.05) is 6.07 Å². The summed E-state index contributed by atoms with van der Waals surface area (Å²) in [6.45, 7) is 0. The molecule has 0 saturated carbocycles. The second kappa shape index (κ2) is 13.6. The van der Waals surface area contributed by atoms with Crippen LogP contribution in [0.15, 0.2) is 200 Å². The summed E-state index contributed by atoms with van der Waals surface area (Å²) in [5, 5.41) is 10.6. The van der Waals surface area contributed by atoms with Gasteiger partial charge < -0.3 is 0 Å². The van der Waals surface area contributed by atoms with E-state index in [0.717, 1.165) is 60.4 Å². The monoisotopic (exact) mass is 767 g/mol. The van der Waals surface area contributed by atoms with Crippen molar-refractivity contribution in [1.29, 1.82) is 0 Å². The molecule has 4 heteroatoms. The van der Waals surface area contributed by atoms with Crippen molar-refractivity contribution in [2.24, 2.45) is 0 Å². The maximum Gasteiger partial charge on any atom is 0.124 e. The summed E-state index contributed by atoms with van der Waals surface area (Å²) in [7, 11) is 0. The zero-order chi connectivity index (χ0) is 38.9. The van der Waals surface area contributed by atoms with Crippen LogP contribution >= 0.6 is 11.3 Å². The lowest BCUT2D eigenvalue weighted by molar-refractivity contribution is 1.36. The van der Waals surface area contributed by atoms with E-state index >= 15 is 0 Å². The third-order valence-corrected chi connectivity index (χ3v) is 12.8. The van der Waals surface area contributed by atoms with Gasteiger partial charge in [-0.1, -0.05) is 170 Å². The highest BCUT2D eigenvalue weighted by molar-refractivity contribution is 7.21. The number of aromatic nitrogens is 3. The second-order valence-corrected chi connectivity index (χ2v) is 16.2. The van der Waals surface area contributed by atoms with Crippen molar-refractivity contribution in [3.63, 3.8) is 0 Å². The van der Waals surface area contributed by atoms with Gasteiger partial charge in [0.15, 0.2) is 0 Å². The zero-order valence-electron chi connectivity index (χ0n) is 31.8. The lowest BCUT2D eigenvalue weighted by Gasteiger charge is -2.18. The van der Waals surface area contributed by atoms with Gasteiger partial charge >= 0.3 is 0 Å². The van der Waals surface area contributed by atoms with Gasteiger partial charge in [0.05, 0.1) is 32.6 Å². The molecule has 12 aromatic rings. The minimum atomic E-state index is 0.901. The van der Waals surface area contributed by atoms with E-state index in [9.17, 15) is 0 Å². The molecular formula is C55H33N3S. The Hall–Kier alpha value is -7.53. The average Bonchev–Trinajstić information content (AvgIpc) is 3.75. The molecule has 12 rings (SSSR count). The molecular weight excluding hydrogens is 735 g/mol. The molecule has 0 saturated heterocycles. The van der Waals surface area contributed by atoms with Crippen LogP contribution in [-0.4, -0.2) is 15.0 Å². The highest BCUT2D eigenvalue weighted by Gasteiger charge is 2.17. The van der Waals surface area contributed by atoms with E-state index in [4.69, 9.17) is 15.0 Å². The Morgan fingerprint density at radius 3 is 1.34 bits per heavy atom. The molecule has 9 aromatic carbocycles. The molecule has 0 radical (unpaired) electrons. The van der Waals surface area contributed by atoms with Gasteiger partial charge in [0, 0.05) is 27.5 Å². The number of hydrogen-bond acceptors (Lipinski definition) is 4. The fourth-order valence-corrected chi connectivity index (χ4v) is 9.74. The van der Waals surface area contributed by atoms with Crippen LogP contribution < -0.4 is 0 Å². The van der Waals surface area contributed by atoms with Crippen LogP contribution in [0.25, 0.3) is 120 Å². The van der Waals surface area contributed by atoms with Crippen LogP contribution in [0.2, 0.25) is 0 Å². The fourth-order valence-electron chi connectivity index (χ4n) is 8.77. The van der Waals surface area contributed by atoms with Gasteiger partial charge in [0.1, 0.15) is 5.01 Å². The normalized spacial score (nSPS) is 11.7. The topological polar surface area (TPSA) is 38.7 Å². The number of fused-ring (bicyclic) bond motifs is 7. The van der Waals surface area contributed by atoms with E-state index in [0.29, 0.717) is 0 Å². The number of para-hydroxylation sites is 1. The molecule has 3 nitrogen and oxygen atoms in total. The summed E-state index contributed by atoms with van der Waals surface area (Å²) < 4.78 is 1.20. The lowest BCUT2D eigenvalue weighted by atomic mass is 9.85. The molecule has 274 valence electrons. The van der Waals surface area contributed by atoms with Crippen LogP contribution in [-0.2, 0) is 0 Å². The van der Waals surface area contributed by atoms with Crippen molar-refractivity contribution >= 4 is 75.7 Å². The van der Waals surface area contributed by atoms with Gasteiger partial charge in [-0.2, -0.15) is 0 Å². The molecule has 3 heterocycles. The molecule has 59 heavy (non-hydrogen) atoms. The molecule has 0 bridgehead atoms. The summed E-state index contributed by atoms with van der Waals surface area (Å²) in [6, 6.07) is 71.7. The van der Waals surface area contributed by atoms with Crippen LogP contribution in [0.3, 0.4) is 0 Å². The number of hydrogen-bond donors (Lipinski definition) is 0. The Bertz CT molecular complexity index is 3510. The second-order valence-electron chi connectivity index (χ2n) is 15.1. The molecule has 0 amide bonds. The van der Waals surface area contributed by atoms with Crippen LogP contribution in [0.5, 0.6) is 0 Å². The van der Waals surface area contributed by atoms with E-state index < -0.39 is 0 Å². The van der Waals surface area contributed by atoms with Gasteiger partial charge in [-0.3, -0.25) is 0 Å². The lowest BCUT2D eigenvalue weighted by Crippen LogP contribution is -1.92. The molecule has 0 N–H and O–H groups in total. The minimum absolute atomic E-state index is 0.901. The summed E-state index contributed by atoms with van der Waals surface area (Å²) in [6.07, 6.45) is 0. The number of nitrogens with zero attached hydrogens (tertiary/aromatic N) is 3. The van der Waals surface area contributed by atoms with E-state index in [1.54, 1.807) is 11.3 Å². The van der Waals surface area contributed by atoms with Crippen molar-refractivity contribution in [2.75, 3.05) is 0 Å². The van der Waals surface area contributed by atoms with Crippen LogP contribution in [0.1, 0.15) is 0 Å². The summed E-state index contributed by atoms with van der Waals surface area (Å²) in [5.41, 5.74) is 12.8. The van der Waals surface area contributed by atoms with Crippen molar-refractivity contribution in [2.45, 2.75) is 0 Å². The molecule has 0 atom stereocenters. The Labute approximate surface area is 344 Å². The highest BCUT2D eigenvalue weighted by atomic mass is 32.1. The third kappa shape index (κ3) is 5.68. The van der Waals surface area contributed by atoms with E-state index in [1.165, 1.54) is 59.3 Å². The summed E-state index contributed by atoms with van der Waals surface area (Å²) in [4.78, 5) is 15.4. The van der Waals surface area contributed by atoms with Crippen molar-refractivity contribution in [3.05, 3.63) is 200 Å². The molecule has 0 fully saturated rings. The molecule has 3 aromatic heterocycles. The first-order chi connectivity index (χ1) is 29.2. The van der Waals surface area contributed by atoms with Gasteiger partial charge in [-0.15, -0.1) is 11.3 Å². The Balaban J connectivity index is 0.922. The van der Waals surface area contributed by atoms with Gasteiger partial charge in [-0.25, -0.2) is 15.0 Å². The Kier molecular flexibility index (Phi) is 7.72. The highest BCUT2D eigenvalue weighted by Crippen LogP contribution is 2.44. The van der Waals surface area contributed by atoms with Crippen molar-refractivity contribution in [1.82, 2.24) is 15.0 Å². The molecule has 0 aliphatic rings. The first-order valence-corrected chi connectivity index (χ1v) is 20.7. The average molecular weight is 768 g/mol. The van der Waals surface area contributed by atoms with Crippen LogP contribution in [0.4, 0.5) is 0 Å².